The molecule has 1 atom stereocenters. The number of nitrogens with one attached hydrogen (secondary N) is 1. The zero-order chi connectivity index (χ0) is 25.1. The predicted octanol–water partition coefficient (Wildman–Crippen LogP) is 6.51. The van der Waals surface area contributed by atoms with Crippen molar-refractivity contribution in [3.8, 4) is 6.07 Å². The number of hydrogen-bond donors (Lipinski definition) is 1. The minimum absolute atomic E-state index is 0.212. The molecule has 176 valence electrons. The van der Waals surface area contributed by atoms with Gasteiger partial charge in [-0.3, -0.25) is 14.5 Å². The van der Waals surface area contributed by atoms with Crippen LogP contribution in [0.25, 0.3) is 0 Å². The monoisotopic (exact) mass is 525 g/mol. The van der Waals surface area contributed by atoms with Crippen molar-refractivity contribution in [2.45, 2.75) is 18.6 Å². The quantitative estimate of drug-likeness (QED) is 0.304. The zero-order valence-corrected chi connectivity index (χ0v) is 20.7. The van der Waals surface area contributed by atoms with Crippen LogP contribution in [0.15, 0.2) is 77.3 Å². The van der Waals surface area contributed by atoms with Gasteiger partial charge in [0.2, 0.25) is 5.91 Å². The van der Waals surface area contributed by atoms with Gasteiger partial charge in [-0.1, -0.05) is 52.7 Å². The van der Waals surface area contributed by atoms with E-state index in [9.17, 15) is 19.2 Å². The summed E-state index contributed by atoms with van der Waals surface area (Å²) in [7, 11) is 0. The van der Waals surface area contributed by atoms with Crippen molar-refractivity contribution < 1.29 is 14.0 Å². The van der Waals surface area contributed by atoms with Crippen molar-refractivity contribution in [1.29, 1.82) is 5.26 Å². The molecule has 1 fully saturated rings. The van der Waals surface area contributed by atoms with Gasteiger partial charge in [-0.05, 0) is 73.5 Å². The van der Waals surface area contributed by atoms with E-state index in [-0.39, 0.29) is 22.9 Å². The lowest BCUT2D eigenvalue weighted by molar-refractivity contribution is -0.117. The Bertz CT molecular complexity index is 1370. The fourth-order valence-corrected chi connectivity index (χ4v) is 5.23. The number of thioether (sulfide) groups is 1. The number of carbonyl (C=O) groups excluding carboxylic acids is 2. The Morgan fingerprint density at radius 2 is 1.80 bits per heavy atom. The van der Waals surface area contributed by atoms with E-state index in [0.29, 0.717) is 27.0 Å². The number of benzene rings is 3. The number of aryl methyl sites for hydroxylation is 1. The van der Waals surface area contributed by atoms with Crippen LogP contribution in [-0.4, -0.2) is 17.1 Å². The Hall–Kier alpha value is -3.31. The summed E-state index contributed by atoms with van der Waals surface area (Å²) in [6.45, 7) is 1.92. The Kier molecular flexibility index (Phi) is 7.46. The van der Waals surface area contributed by atoms with E-state index in [1.54, 1.807) is 30.3 Å². The zero-order valence-electron chi connectivity index (χ0n) is 18.4. The molecule has 1 N–H and O–H groups in total. The van der Waals surface area contributed by atoms with Crippen molar-refractivity contribution in [3.63, 3.8) is 0 Å². The molecule has 2 amide bonds. The van der Waals surface area contributed by atoms with Crippen molar-refractivity contribution in [2.24, 2.45) is 0 Å². The third kappa shape index (κ3) is 5.51. The Labute approximate surface area is 216 Å². The van der Waals surface area contributed by atoms with Gasteiger partial charge in [0.15, 0.2) is 0 Å². The predicted molar refractivity (Wildman–Crippen MR) is 138 cm³/mol. The lowest BCUT2D eigenvalue weighted by atomic mass is 10.1. The molecule has 1 aliphatic heterocycles. The van der Waals surface area contributed by atoms with E-state index in [1.807, 2.05) is 25.1 Å². The second-order valence-corrected chi connectivity index (χ2v) is 9.84. The summed E-state index contributed by atoms with van der Waals surface area (Å²) in [4.78, 5) is 28.0. The fraction of sp³-hybridized carbons (Fsp3) is 0.115. The van der Waals surface area contributed by atoms with E-state index in [0.717, 1.165) is 17.3 Å². The van der Waals surface area contributed by atoms with Gasteiger partial charge in [0.05, 0.1) is 5.25 Å². The second-order valence-electron chi connectivity index (χ2n) is 7.81. The lowest BCUT2D eigenvalue weighted by Crippen LogP contribution is -2.31. The van der Waals surface area contributed by atoms with Crippen molar-refractivity contribution in [3.05, 3.63) is 104 Å². The largest absolute Gasteiger partial charge is 0.321 e. The van der Waals surface area contributed by atoms with Gasteiger partial charge in [0.1, 0.15) is 22.5 Å². The number of amides is 2. The number of carbonyl (C=O) groups is 2. The first-order valence-electron chi connectivity index (χ1n) is 10.5. The van der Waals surface area contributed by atoms with Gasteiger partial charge in [0.25, 0.3) is 5.91 Å². The van der Waals surface area contributed by atoms with Crippen LogP contribution in [-0.2, 0) is 16.0 Å². The van der Waals surface area contributed by atoms with E-state index in [4.69, 9.17) is 23.2 Å². The number of anilines is 2. The summed E-state index contributed by atoms with van der Waals surface area (Å²) in [5, 5.41) is 13.0. The van der Waals surface area contributed by atoms with Crippen molar-refractivity contribution in [1.82, 2.24) is 0 Å². The molecule has 0 bridgehead atoms. The number of hydrogen-bond acceptors (Lipinski definition) is 4. The SMILES string of the molecule is Cc1ccc(N2C(=O)C(Cc3cc(Cl)ccc3Cl)SC2=C(C#N)C(=O)Nc2ccc(F)cc2)cc1. The van der Waals surface area contributed by atoms with E-state index in [1.165, 1.54) is 29.2 Å². The molecule has 1 heterocycles. The van der Waals surface area contributed by atoms with Gasteiger partial charge in [0, 0.05) is 21.4 Å². The first kappa shape index (κ1) is 24.8. The molecule has 0 radical (unpaired) electrons. The number of rotatable bonds is 5. The molecule has 1 aliphatic rings. The van der Waals surface area contributed by atoms with Crippen LogP contribution in [0.4, 0.5) is 15.8 Å². The van der Waals surface area contributed by atoms with Gasteiger partial charge in [-0.15, -0.1) is 0 Å². The van der Waals surface area contributed by atoms with E-state index in [2.05, 4.69) is 5.32 Å². The second kappa shape index (κ2) is 10.5. The molecular weight excluding hydrogens is 508 g/mol. The maximum atomic E-state index is 13.6. The molecule has 35 heavy (non-hydrogen) atoms. The number of nitrogens with zero attached hydrogens (tertiary/aromatic N) is 2. The third-order valence-electron chi connectivity index (χ3n) is 5.31. The summed E-state index contributed by atoms with van der Waals surface area (Å²) in [5.74, 6) is -1.44. The van der Waals surface area contributed by atoms with E-state index >= 15 is 0 Å². The lowest BCUT2D eigenvalue weighted by Gasteiger charge is -2.19. The minimum Gasteiger partial charge on any atom is -0.321 e. The smallest absolute Gasteiger partial charge is 0.269 e. The van der Waals surface area contributed by atoms with Crippen LogP contribution in [0.1, 0.15) is 11.1 Å². The first-order valence-corrected chi connectivity index (χ1v) is 12.1. The highest BCUT2D eigenvalue weighted by atomic mass is 35.5. The molecule has 9 heteroatoms. The Balaban J connectivity index is 1.73. The van der Waals surface area contributed by atoms with Crippen LogP contribution in [0.3, 0.4) is 0 Å². The summed E-state index contributed by atoms with van der Waals surface area (Å²) in [6.07, 6.45) is 0.257. The molecule has 5 nitrogen and oxygen atoms in total. The van der Waals surface area contributed by atoms with Crippen LogP contribution >= 0.6 is 35.0 Å². The Morgan fingerprint density at radius 3 is 2.46 bits per heavy atom. The van der Waals surface area contributed by atoms with Gasteiger partial charge < -0.3 is 5.32 Å². The molecule has 3 aromatic carbocycles. The number of nitriles is 1. The summed E-state index contributed by atoms with van der Waals surface area (Å²) in [6, 6.07) is 19.4. The standard InChI is InChI=1S/C26H18Cl2FN3O2S/c1-15-2-9-20(10-3-15)32-25(34)23(13-16-12-17(27)4-11-22(16)28)35-26(32)21(14-30)24(33)31-19-7-5-18(29)6-8-19/h2-12,23H,13H2,1H3,(H,31,33). The van der Waals surface area contributed by atoms with E-state index < -0.39 is 17.0 Å². The molecule has 1 unspecified atom stereocenters. The minimum atomic E-state index is -0.701. The van der Waals surface area contributed by atoms with Crippen LogP contribution in [0.2, 0.25) is 10.0 Å². The molecule has 0 aromatic heterocycles. The maximum Gasteiger partial charge on any atom is 0.269 e. The van der Waals surface area contributed by atoms with Crippen LogP contribution in [0.5, 0.6) is 0 Å². The summed E-state index contributed by atoms with van der Waals surface area (Å²) >= 11 is 13.6. The molecule has 3 aromatic rings. The van der Waals surface area contributed by atoms with Crippen molar-refractivity contribution in [2.75, 3.05) is 10.2 Å². The van der Waals surface area contributed by atoms with Gasteiger partial charge in [-0.2, -0.15) is 5.26 Å². The highest BCUT2D eigenvalue weighted by molar-refractivity contribution is 8.05. The first-order chi connectivity index (χ1) is 16.8. The molecule has 0 saturated carbocycles. The number of halogens is 3. The molecule has 0 aliphatic carbocycles. The topological polar surface area (TPSA) is 73.2 Å². The average Bonchev–Trinajstić information content (AvgIpc) is 3.14. The molecule has 4 rings (SSSR count). The highest BCUT2D eigenvalue weighted by Gasteiger charge is 2.41. The maximum absolute atomic E-state index is 13.6. The molecule has 0 spiro atoms. The summed E-state index contributed by atoms with van der Waals surface area (Å²) < 4.78 is 13.2. The van der Waals surface area contributed by atoms with Gasteiger partial charge in [-0.25, -0.2) is 4.39 Å². The van der Waals surface area contributed by atoms with Crippen LogP contribution in [0, 0.1) is 24.1 Å². The molecular formula is C26H18Cl2FN3O2S. The average molecular weight is 526 g/mol. The van der Waals surface area contributed by atoms with Crippen molar-refractivity contribution >= 4 is 58.2 Å². The Morgan fingerprint density at radius 1 is 1.11 bits per heavy atom. The highest BCUT2D eigenvalue weighted by Crippen LogP contribution is 2.42. The fourth-order valence-electron chi connectivity index (χ4n) is 3.54. The third-order valence-corrected chi connectivity index (χ3v) is 7.18. The normalized spacial score (nSPS) is 16.7. The summed E-state index contributed by atoms with van der Waals surface area (Å²) in [5.41, 5.74) is 2.31. The van der Waals surface area contributed by atoms with Crippen LogP contribution < -0.4 is 10.2 Å². The molecule has 1 saturated heterocycles. The van der Waals surface area contributed by atoms with Gasteiger partial charge >= 0.3 is 0 Å².